The van der Waals surface area contributed by atoms with Crippen LogP contribution < -0.4 is 4.72 Å². The van der Waals surface area contributed by atoms with E-state index < -0.39 is 54.3 Å². The third kappa shape index (κ3) is 2.94. The molecule has 13 heteroatoms. The lowest BCUT2D eigenvalue weighted by atomic mass is 9.96. The van der Waals surface area contributed by atoms with Gasteiger partial charge >= 0.3 is 6.09 Å². The van der Waals surface area contributed by atoms with Crippen LogP contribution in [0.1, 0.15) is 19.3 Å². The molecule has 1 aromatic rings. The predicted octanol–water partition coefficient (Wildman–Crippen LogP) is 1.06. The molecule has 3 rings (SSSR count). The molecule has 140 valence electrons. The van der Waals surface area contributed by atoms with Crippen molar-refractivity contribution in [3.63, 3.8) is 0 Å². The van der Waals surface area contributed by atoms with Crippen LogP contribution in [0.2, 0.25) is 0 Å². The zero-order valence-corrected chi connectivity index (χ0v) is 14.0. The molecule has 2 heterocycles. The SMILES string of the molecule is O=C(O)N1[C@H]2CC[C@@H]1[C@@H](NS(=O)(=O)c1ccc([N+](=O)[O-])cc1[N+](=O)[O-])C2. The number of hydrogen-bond donors (Lipinski definition) is 2. The number of hydrogen-bond acceptors (Lipinski definition) is 7. The topological polar surface area (TPSA) is 173 Å². The number of carbonyl (C=O) groups is 1. The van der Waals surface area contributed by atoms with Crippen LogP contribution in [-0.4, -0.2) is 52.5 Å². The Hall–Kier alpha value is -2.80. The fourth-order valence-corrected chi connectivity index (χ4v) is 5.10. The van der Waals surface area contributed by atoms with Crippen LogP contribution in [0.25, 0.3) is 0 Å². The van der Waals surface area contributed by atoms with Crippen LogP contribution >= 0.6 is 0 Å². The van der Waals surface area contributed by atoms with Gasteiger partial charge in [-0.05, 0) is 25.3 Å². The highest BCUT2D eigenvalue weighted by Crippen LogP contribution is 2.39. The van der Waals surface area contributed by atoms with Gasteiger partial charge in [-0.2, -0.15) is 0 Å². The molecule has 0 saturated carbocycles. The largest absolute Gasteiger partial charge is 0.465 e. The van der Waals surface area contributed by atoms with Gasteiger partial charge in [0.2, 0.25) is 10.0 Å². The Bertz CT molecular complexity index is 901. The van der Waals surface area contributed by atoms with Crippen molar-refractivity contribution in [2.75, 3.05) is 0 Å². The summed E-state index contributed by atoms with van der Waals surface area (Å²) in [7, 11) is -4.37. The molecule has 1 amide bonds. The molecule has 2 N–H and O–H groups in total. The van der Waals surface area contributed by atoms with E-state index in [9.17, 15) is 38.5 Å². The molecule has 3 atom stereocenters. The van der Waals surface area contributed by atoms with Crippen molar-refractivity contribution >= 4 is 27.5 Å². The van der Waals surface area contributed by atoms with E-state index >= 15 is 0 Å². The number of nitro groups is 2. The lowest BCUT2D eigenvalue weighted by molar-refractivity contribution is -0.396. The highest BCUT2D eigenvalue weighted by Gasteiger charge is 2.50. The first kappa shape index (κ1) is 18.0. The third-order valence-corrected chi connectivity index (χ3v) is 6.24. The predicted molar refractivity (Wildman–Crippen MR) is 85.2 cm³/mol. The molecular formula is C13H14N4O8S. The number of benzene rings is 1. The number of fused-ring (bicyclic) bond motifs is 2. The van der Waals surface area contributed by atoms with Gasteiger partial charge in [-0.25, -0.2) is 17.9 Å². The monoisotopic (exact) mass is 386 g/mol. The second-order valence-electron chi connectivity index (χ2n) is 6.12. The Morgan fingerprint density at radius 1 is 1.23 bits per heavy atom. The van der Waals surface area contributed by atoms with Crippen LogP contribution in [0, 0.1) is 20.2 Å². The molecule has 2 saturated heterocycles. The summed E-state index contributed by atoms with van der Waals surface area (Å²) >= 11 is 0. The van der Waals surface area contributed by atoms with Crippen molar-refractivity contribution < 1.29 is 28.2 Å². The summed E-state index contributed by atoms with van der Waals surface area (Å²) in [6, 6.07) is 0.720. The zero-order chi connectivity index (χ0) is 19.2. The smallest absolute Gasteiger partial charge is 0.407 e. The Morgan fingerprint density at radius 2 is 1.92 bits per heavy atom. The molecule has 0 radical (unpaired) electrons. The van der Waals surface area contributed by atoms with Gasteiger partial charge in [0.05, 0.1) is 22.0 Å². The molecule has 26 heavy (non-hydrogen) atoms. The molecule has 12 nitrogen and oxygen atoms in total. The summed E-state index contributed by atoms with van der Waals surface area (Å²) < 4.78 is 27.5. The lowest BCUT2D eigenvalue weighted by Gasteiger charge is -2.22. The summed E-state index contributed by atoms with van der Waals surface area (Å²) in [6.07, 6.45) is 0.261. The highest BCUT2D eigenvalue weighted by molar-refractivity contribution is 7.89. The molecular weight excluding hydrogens is 372 g/mol. The van der Waals surface area contributed by atoms with Gasteiger partial charge in [0, 0.05) is 18.2 Å². The Morgan fingerprint density at radius 3 is 2.46 bits per heavy atom. The summed E-state index contributed by atoms with van der Waals surface area (Å²) in [5.41, 5.74) is -1.52. The van der Waals surface area contributed by atoms with Crippen molar-refractivity contribution in [2.24, 2.45) is 0 Å². The highest BCUT2D eigenvalue weighted by atomic mass is 32.2. The molecule has 2 bridgehead atoms. The van der Waals surface area contributed by atoms with E-state index in [1.54, 1.807) is 0 Å². The van der Waals surface area contributed by atoms with Crippen LogP contribution in [0.3, 0.4) is 0 Å². The molecule has 0 spiro atoms. The van der Waals surface area contributed by atoms with Gasteiger partial charge < -0.3 is 10.0 Å². The van der Waals surface area contributed by atoms with Crippen LogP contribution in [0.4, 0.5) is 16.2 Å². The zero-order valence-electron chi connectivity index (χ0n) is 13.1. The fraction of sp³-hybridized carbons (Fsp3) is 0.462. The first-order valence-electron chi connectivity index (χ1n) is 7.58. The minimum Gasteiger partial charge on any atom is -0.465 e. The standard InChI is InChI=1S/C13H14N4O8S/c18-13(19)15-7-1-3-10(15)9(5-7)14-26(24,25)12-4-2-8(16(20)21)6-11(12)17(22)23/h2,4,6-7,9-10,14H,1,3,5H2,(H,18,19)/t7-,9-,10+/m0/s1. The average molecular weight is 386 g/mol. The number of nitrogens with zero attached hydrogens (tertiary/aromatic N) is 3. The number of amides is 1. The van der Waals surface area contributed by atoms with Crippen LogP contribution in [0.15, 0.2) is 23.1 Å². The Balaban J connectivity index is 1.91. The fourth-order valence-electron chi connectivity index (χ4n) is 3.67. The molecule has 2 aliphatic rings. The molecule has 0 unspecified atom stereocenters. The molecule has 0 aromatic heterocycles. The summed E-state index contributed by atoms with van der Waals surface area (Å²) in [5, 5.41) is 31.1. The minimum atomic E-state index is -4.37. The lowest BCUT2D eigenvalue weighted by Crippen LogP contribution is -2.45. The number of sulfonamides is 1. The normalized spacial score (nSPS) is 24.6. The Labute approximate surface area is 146 Å². The second-order valence-corrected chi connectivity index (χ2v) is 7.80. The van der Waals surface area contributed by atoms with E-state index in [-0.39, 0.29) is 12.5 Å². The van der Waals surface area contributed by atoms with E-state index in [1.165, 1.54) is 4.90 Å². The number of carboxylic acid groups (broad SMARTS) is 1. The van der Waals surface area contributed by atoms with Crippen molar-refractivity contribution in [1.29, 1.82) is 0 Å². The van der Waals surface area contributed by atoms with Crippen LogP contribution in [-0.2, 0) is 10.0 Å². The van der Waals surface area contributed by atoms with E-state index in [2.05, 4.69) is 4.72 Å². The van der Waals surface area contributed by atoms with E-state index in [0.717, 1.165) is 12.1 Å². The molecule has 2 fully saturated rings. The minimum absolute atomic E-state index is 0.275. The summed E-state index contributed by atoms with van der Waals surface area (Å²) in [5.74, 6) is 0. The third-order valence-electron chi connectivity index (χ3n) is 4.70. The Kier molecular flexibility index (Phi) is 4.28. The number of non-ortho nitro benzene ring substituents is 1. The van der Waals surface area contributed by atoms with Gasteiger partial charge in [0.15, 0.2) is 4.90 Å². The van der Waals surface area contributed by atoms with Gasteiger partial charge in [0.25, 0.3) is 11.4 Å². The first-order chi connectivity index (χ1) is 12.1. The number of rotatable bonds is 5. The van der Waals surface area contributed by atoms with Crippen molar-refractivity contribution in [3.05, 3.63) is 38.4 Å². The quantitative estimate of drug-likeness (QED) is 0.558. The van der Waals surface area contributed by atoms with Gasteiger partial charge in [-0.15, -0.1) is 0 Å². The summed E-state index contributed by atoms with van der Waals surface area (Å²) in [4.78, 5) is 31.8. The van der Waals surface area contributed by atoms with Gasteiger partial charge in [-0.1, -0.05) is 0 Å². The molecule has 0 aliphatic carbocycles. The maximum absolute atomic E-state index is 12.6. The number of nitrogens with one attached hydrogen (secondary N) is 1. The maximum Gasteiger partial charge on any atom is 0.407 e. The van der Waals surface area contributed by atoms with E-state index in [0.29, 0.717) is 18.9 Å². The van der Waals surface area contributed by atoms with Crippen molar-refractivity contribution in [3.8, 4) is 0 Å². The second kappa shape index (κ2) is 6.17. The van der Waals surface area contributed by atoms with E-state index in [1.807, 2.05) is 0 Å². The maximum atomic E-state index is 12.6. The molecule has 2 aliphatic heterocycles. The van der Waals surface area contributed by atoms with Gasteiger partial charge in [0.1, 0.15) is 0 Å². The van der Waals surface area contributed by atoms with Crippen LogP contribution in [0.5, 0.6) is 0 Å². The van der Waals surface area contributed by atoms with Crippen molar-refractivity contribution in [1.82, 2.24) is 9.62 Å². The van der Waals surface area contributed by atoms with Crippen molar-refractivity contribution in [2.45, 2.75) is 42.3 Å². The first-order valence-corrected chi connectivity index (χ1v) is 9.06. The van der Waals surface area contributed by atoms with Gasteiger partial charge in [-0.3, -0.25) is 20.2 Å². The molecule has 1 aromatic carbocycles. The summed E-state index contributed by atoms with van der Waals surface area (Å²) in [6.45, 7) is 0. The van der Waals surface area contributed by atoms with E-state index in [4.69, 9.17) is 0 Å². The number of nitro benzene ring substituents is 2. The average Bonchev–Trinajstić information content (AvgIpc) is 3.11.